The molecule has 0 amide bonds. The highest BCUT2D eigenvalue weighted by molar-refractivity contribution is 8.14. The zero-order valence-electron chi connectivity index (χ0n) is 10.5. The van der Waals surface area contributed by atoms with E-state index in [1.54, 1.807) is 7.05 Å². The molecule has 0 unspecified atom stereocenters. The molecule has 0 aromatic heterocycles. The Hall–Kier alpha value is -0.300. The van der Waals surface area contributed by atoms with Crippen molar-refractivity contribution in [2.24, 2.45) is 4.99 Å². The number of hydrogen-bond donors (Lipinski definition) is 3. The lowest BCUT2D eigenvalue weighted by atomic mass is 9.87. The smallest absolute Gasteiger partial charge is 0.159 e. The molecule has 5 nitrogen and oxygen atoms in total. The average molecular weight is 272 g/mol. The molecule has 6 heteroatoms. The Balaban J connectivity index is 1.74. The maximum absolute atomic E-state index is 10.6. The standard InChI is InChI=1S/C12H20N2O3S/c1-13-11-14-9-7(15)6-8(17-10(9)18-11)12(16)4-2-3-5-12/h7-10,15-16H,2-6H2,1H3,(H,13,14)/t7-,8-,9+,10+/m0/s1. The monoisotopic (exact) mass is 272 g/mol. The largest absolute Gasteiger partial charge is 0.391 e. The number of rotatable bonds is 1. The topological polar surface area (TPSA) is 74.1 Å². The summed E-state index contributed by atoms with van der Waals surface area (Å²) in [7, 11) is 1.72. The Kier molecular flexibility index (Phi) is 3.30. The van der Waals surface area contributed by atoms with Crippen LogP contribution in [0, 0.1) is 0 Å². The van der Waals surface area contributed by atoms with E-state index in [2.05, 4.69) is 10.3 Å². The maximum Gasteiger partial charge on any atom is 0.159 e. The van der Waals surface area contributed by atoms with Crippen LogP contribution in [0.3, 0.4) is 0 Å². The Labute approximate surface area is 111 Å². The minimum Gasteiger partial charge on any atom is -0.391 e. The summed E-state index contributed by atoms with van der Waals surface area (Å²) >= 11 is 1.51. The quantitative estimate of drug-likeness (QED) is 0.646. The second-order valence-corrected chi connectivity index (χ2v) is 6.51. The zero-order chi connectivity index (χ0) is 12.8. The van der Waals surface area contributed by atoms with Crippen molar-refractivity contribution in [1.29, 1.82) is 0 Å². The number of hydrogen-bond acceptors (Lipinski definition) is 5. The van der Waals surface area contributed by atoms with Gasteiger partial charge in [-0.05, 0) is 12.8 Å². The first-order valence-electron chi connectivity index (χ1n) is 6.58. The molecule has 3 N–H and O–H groups in total. The second kappa shape index (κ2) is 4.67. The van der Waals surface area contributed by atoms with Crippen LogP contribution in [0.15, 0.2) is 4.99 Å². The molecule has 0 bridgehead atoms. The number of aliphatic imine (C=N–C) groups is 1. The van der Waals surface area contributed by atoms with Crippen LogP contribution in [-0.4, -0.2) is 51.7 Å². The molecule has 1 aliphatic carbocycles. The molecule has 0 aromatic carbocycles. The predicted octanol–water partition coefficient (Wildman–Crippen LogP) is 0.458. The minimum absolute atomic E-state index is 0.102. The summed E-state index contributed by atoms with van der Waals surface area (Å²) in [5.74, 6) is 0. The Bertz CT molecular complexity index is 357. The normalized spacial score (nSPS) is 44.9. The number of fused-ring (bicyclic) bond motifs is 1. The van der Waals surface area contributed by atoms with Crippen LogP contribution in [0.2, 0.25) is 0 Å². The summed E-state index contributed by atoms with van der Waals surface area (Å²) in [4.78, 5) is 4.10. The molecule has 2 saturated heterocycles. The third kappa shape index (κ3) is 2.05. The first-order valence-corrected chi connectivity index (χ1v) is 7.46. The number of aliphatic hydroxyl groups excluding tert-OH is 1. The van der Waals surface area contributed by atoms with Gasteiger partial charge in [0.1, 0.15) is 5.44 Å². The van der Waals surface area contributed by atoms with Gasteiger partial charge in [-0.25, -0.2) is 0 Å². The molecule has 4 atom stereocenters. The van der Waals surface area contributed by atoms with Crippen molar-refractivity contribution in [1.82, 2.24) is 5.32 Å². The zero-order valence-corrected chi connectivity index (χ0v) is 11.3. The lowest BCUT2D eigenvalue weighted by molar-refractivity contribution is -0.162. The first kappa shape index (κ1) is 12.7. The second-order valence-electron chi connectivity index (χ2n) is 5.42. The van der Waals surface area contributed by atoms with Gasteiger partial charge in [-0.3, -0.25) is 4.99 Å². The first-order chi connectivity index (χ1) is 8.62. The summed E-state index contributed by atoms with van der Waals surface area (Å²) in [6, 6.07) is -0.102. The molecule has 2 heterocycles. The van der Waals surface area contributed by atoms with Gasteiger partial charge in [0.2, 0.25) is 0 Å². The molecular weight excluding hydrogens is 252 g/mol. The molecule has 3 fully saturated rings. The summed E-state index contributed by atoms with van der Waals surface area (Å²) in [6.07, 6.45) is 3.44. The number of nitrogens with one attached hydrogen (secondary N) is 1. The van der Waals surface area contributed by atoms with Crippen LogP contribution < -0.4 is 5.32 Å². The summed E-state index contributed by atoms with van der Waals surface area (Å²) in [6.45, 7) is 0. The fourth-order valence-electron chi connectivity index (χ4n) is 3.17. The van der Waals surface area contributed by atoms with Gasteiger partial charge >= 0.3 is 0 Å². The molecule has 102 valence electrons. The van der Waals surface area contributed by atoms with Crippen LogP contribution in [0.25, 0.3) is 0 Å². The van der Waals surface area contributed by atoms with Crippen molar-refractivity contribution in [3.05, 3.63) is 0 Å². The number of thioether (sulfide) groups is 1. The number of amidine groups is 1. The van der Waals surface area contributed by atoms with Crippen LogP contribution in [0.4, 0.5) is 0 Å². The minimum atomic E-state index is -0.737. The van der Waals surface area contributed by atoms with E-state index in [9.17, 15) is 10.2 Å². The van der Waals surface area contributed by atoms with E-state index < -0.39 is 11.7 Å². The van der Waals surface area contributed by atoms with E-state index in [0.717, 1.165) is 30.9 Å². The van der Waals surface area contributed by atoms with E-state index in [1.807, 2.05) is 0 Å². The molecule has 18 heavy (non-hydrogen) atoms. The number of aliphatic hydroxyl groups is 2. The molecule has 2 aliphatic heterocycles. The third-order valence-electron chi connectivity index (χ3n) is 4.25. The maximum atomic E-state index is 10.6. The van der Waals surface area contributed by atoms with E-state index in [1.165, 1.54) is 11.8 Å². The van der Waals surface area contributed by atoms with Crippen molar-refractivity contribution >= 4 is 16.9 Å². The van der Waals surface area contributed by atoms with Crippen molar-refractivity contribution in [2.75, 3.05) is 7.05 Å². The highest BCUT2D eigenvalue weighted by Gasteiger charge is 2.50. The predicted molar refractivity (Wildman–Crippen MR) is 70.6 cm³/mol. The fourth-order valence-corrected chi connectivity index (χ4v) is 4.29. The molecular formula is C12H20N2O3S. The molecule has 3 rings (SSSR count). The van der Waals surface area contributed by atoms with Gasteiger partial charge in [-0.15, -0.1) is 0 Å². The van der Waals surface area contributed by atoms with Crippen LogP contribution in [-0.2, 0) is 4.74 Å². The van der Waals surface area contributed by atoms with Crippen molar-refractivity contribution in [3.8, 4) is 0 Å². The third-order valence-corrected chi connectivity index (χ3v) is 5.41. The molecule has 3 aliphatic rings. The summed E-state index contributed by atoms with van der Waals surface area (Å²) in [5.41, 5.74) is -0.874. The van der Waals surface area contributed by atoms with Crippen molar-refractivity contribution in [3.63, 3.8) is 0 Å². The highest BCUT2D eigenvalue weighted by atomic mass is 32.2. The van der Waals surface area contributed by atoms with Gasteiger partial charge in [0.05, 0.1) is 23.9 Å². The van der Waals surface area contributed by atoms with Gasteiger partial charge < -0.3 is 20.3 Å². The molecule has 0 aromatic rings. The van der Waals surface area contributed by atoms with Crippen LogP contribution in [0.5, 0.6) is 0 Å². The lowest BCUT2D eigenvalue weighted by Crippen LogP contribution is -2.56. The van der Waals surface area contributed by atoms with Gasteiger partial charge in [0, 0.05) is 13.5 Å². The average Bonchev–Trinajstić information content (AvgIpc) is 2.96. The van der Waals surface area contributed by atoms with E-state index in [0.29, 0.717) is 6.42 Å². The van der Waals surface area contributed by atoms with Gasteiger partial charge in [-0.1, -0.05) is 24.6 Å². The van der Waals surface area contributed by atoms with Crippen LogP contribution in [0.1, 0.15) is 32.1 Å². The molecule has 0 spiro atoms. The Morgan fingerprint density at radius 1 is 1.44 bits per heavy atom. The van der Waals surface area contributed by atoms with E-state index in [4.69, 9.17) is 4.74 Å². The Morgan fingerprint density at radius 2 is 2.17 bits per heavy atom. The lowest BCUT2D eigenvalue weighted by Gasteiger charge is -2.41. The molecule has 1 saturated carbocycles. The van der Waals surface area contributed by atoms with Gasteiger partial charge in [-0.2, -0.15) is 0 Å². The van der Waals surface area contributed by atoms with Gasteiger partial charge in [0.25, 0.3) is 0 Å². The summed E-state index contributed by atoms with van der Waals surface area (Å²) in [5, 5.41) is 24.8. The fraction of sp³-hybridized carbons (Fsp3) is 0.917. The SMILES string of the molecule is CN=C1N[C@H]2[C@H](O[C@H](C3(O)CCCC3)C[C@@H]2O)S1. The summed E-state index contributed by atoms with van der Waals surface area (Å²) < 4.78 is 6.01. The number of nitrogens with zero attached hydrogens (tertiary/aromatic N) is 1. The molecule has 0 radical (unpaired) electrons. The van der Waals surface area contributed by atoms with E-state index >= 15 is 0 Å². The van der Waals surface area contributed by atoms with Crippen molar-refractivity contribution < 1.29 is 14.9 Å². The van der Waals surface area contributed by atoms with E-state index in [-0.39, 0.29) is 17.6 Å². The van der Waals surface area contributed by atoms with Crippen LogP contribution >= 0.6 is 11.8 Å². The number of ether oxygens (including phenoxy) is 1. The van der Waals surface area contributed by atoms with Crippen molar-refractivity contribution in [2.45, 2.75) is 61.4 Å². The Morgan fingerprint density at radius 3 is 2.83 bits per heavy atom. The highest BCUT2D eigenvalue weighted by Crippen LogP contribution is 2.42. The van der Waals surface area contributed by atoms with Gasteiger partial charge in [0.15, 0.2) is 5.17 Å².